The molecule has 5 nitrogen and oxygen atoms in total. The van der Waals surface area contributed by atoms with Crippen molar-refractivity contribution >= 4 is 5.97 Å². The first kappa shape index (κ1) is 16.2. The van der Waals surface area contributed by atoms with Crippen molar-refractivity contribution in [2.75, 3.05) is 20.7 Å². The highest BCUT2D eigenvalue weighted by molar-refractivity contribution is 5.72. The number of rotatable bonds is 6. The average molecular weight is 306 g/mol. The number of esters is 1. The topological polar surface area (TPSA) is 55.6 Å². The van der Waals surface area contributed by atoms with E-state index in [4.69, 9.17) is 9.15 Å². The maximum absolute atomic E-state index is 12.9. The smallest absolute Gasteiger partial charge is 0.309 e. The van der Waals surface area contributed by atoms with Crippen LogP contribution in [0.3, 0.4) is 0 Å². The quantitative estimate of drug-likeness (QED) is 0.768. The zero-order valence-electron chi connectivity index (χ0n) is 12.9. The van der Waals surface area contributed by atoms with E-state index >= 15 is 0 Å². The average Bonchev–Trinajstić information content (AvgIpc) is 2.95. The molecule has 0 spiro atoms. The zero-order chi connectivity index (χ0) is 16.1. The van der Waals surface area contributed by atoms with E-state index in [1.165, 1.54) is 19.2 Å². The third-order valence-corrected chi connectivity index (χ3v) is 3.28. The number of methoxy groups -OCH3 is 1. The van der Waals surface area contributed by atoms with Gasteiger partial charge in [-0.3, -0.25) is 9.69 Å². The number of benzene rings is 1. The molecule has 2 rings (SSSR count). The van der Waals surface area contributed by atoms with E-state index in [0.29, 0.717) is 24.7 Å². The van der Waals surface area contributed by atoms with Gasteiger partial charge in [-0.25, -0.2) is 9.37 Å². The predicted molar refractivity (Wildman–Crippen MR) is 79.4 cm³/mol. The first-order valence-electron chi connectivity index (χ1n) is 6.96. The lowest BCUT2D eigenvalue weighted by molar-refractivity contribution is -0.145. The molecule has 118 valence electrons. The third kappa shape index (κ3) is 4.14. The van der Waals surface area contributed by atoms with Crippen LogP contribution in [-0.2, 0) is 16.1 Å². The molecule has 0 bridgehead atoms. The summed E-state index contributed by atoms with van der Waals surface area (Å²) in [5.41, 5.74) is 0.769. The highest BCUT2D eigenvalue weighted by Gasteiger charge is 2.17. The summed E-state index contributed by atoms with van der Waals surface area (Å²) in [5.74, 6) is 0.371. The largest absolute Gasteiger partial charge is 0.469 e. The molecule has 1 atom stereocenters. The molecule has 6 heteroatoms. The maximum atomic E-state index is 12.9. The van der Waals surface area contributed by atoms with Crippen molar-refractivity contribution in [3.63, 3.8) is 0 Å². The minimum absolute atomic E-state index is 0.221. The number of hydrogen-bond donors (Lipinski definition) is 0. The van der Waals surface area contributed by atoms with Gasteiger partial charge in [0.25, 0.3) is 0 Å². The maximum Gasteiger partial charge on any atom is 0.309 e. The molecule has 0 radical (unpaired) electrons. The van der Waals surface area contributed by atoms with Crippen molar-refractivity contribution in [1.82, 2.24) is 9.88 Å². The fourth-order valence-electron chi connectivity index (χ4n) is 2.17. The van der Waals surface area contributed by atoms with Gasteiger partial charge in [-0.2, -0.15) is 0 Å². The Morgan fingerprint density at radius 3 is 2.73 bits per heavy atom. The number of carbonyl (C=O) groups excluding carboxylic acids is 1. The standard InChI is InChI=1S/C16H19FN2O3/c1-11(16(20)21-3)9-19(2)10-15-18-8-14(22-15)12-4-6-13(17)7-5-12/h4-8,11H,9-10H2,1-3H3. The molecule has 1 heterocycles. The van der Waals surface area contributed by atoms with Crippen molar-refractivity contribution < 1.29 is 18.3 Å². The molecule has 0 saturated carbocycles. The number of carbonyl (C=O) groups is 1. The van der Waals surface area contributed by atoms with Gasteiger partial charge in [-0.15, -0.1) is 0 Å². The number of halogens is 1. The molecule has 1 unspecified atom stereocenters. The van der Waals surface area contributed by atoms with Crippen LogP contribution in [-0.4, -0.2) is 36.6 Å². The molecule has 0 aliphatic carbocycles. The van der Waals surface area contributed by atoms with Crippen molar-refractivity contribution in [3.8, 4) is 11.3 Å². The Morgan fingerprint density at radius 2 is 2.09 bits per heavy atom. The van der Waals surface area contributed by atoms with Crippen molar-refractivity contribution in [1.29, 1.82) is 0 Å². The second-order valence-corrected chi connectivity index (χ2v) is 5.25. The number of nitrogens with zero attached hydrogens (tertiary/aromatic N) is 2. The molecular weight excluding hydrogens is 287 g/mol. The van der Waals surface area contributed by atoms with E-state index < -0.39 is 0 Å². The van der Waals surface area contributed by atoms with Gasteiger partial charge in [0.1, 0.15) is 5.82 Å². The van der Waals surface area contributed by atoms with E-state index in [1.807, 2.05) is 18.9 Å². The summed E-state index contributed by atoms with van der Waals surface area (Å²) in [6.07, 6.45) is 1.61. The summed E-state index contributed by atoms with van der Waals surface area (Å²) >= 11 is 0. The molecule has 0 fully saturated rings. The monoisotopic (exact) mass is 306 g/mol. The van der Waals surface area contributed by atoms with Crippen LogP contribution in [0.4, 0.5) is 4.39 Å². The SMILES string of the molecule is COC(=O)C(C)CN(C)Cc1ncc(-c2ccc(F)cc2)o1. The van der Waals surface area contributed by atoms with E-state index in [-0.39, 0.29) is 17.7 Å². The van der Waals surface area contributed by atoms with Gasteiger partial charge in [-0.05, 0) is 31.3 Å². The van der Waals surface area contributed by atoms with Crippen molar-refractivity contribution in [2.45, 2.75) is 13.5 Å². The van der Waals surface area contributed by atoms with Crippen LogP contribution in [0.15, 0.2) is 34.9 Å². The normalized spacial score (nSPS) is 12.4. The summed E-state index contributed by atoms with van der Waals surface area (Å²) in [7, 11) is 3.25. The van der Waals surface area contributed by atoms with Crippen molar-refractivity contribution in [2.24, 2.45) is 5.92 Å². The molecule has 1 aromatic carbocycles. The van der Waals surface area contributed by atoms with Crippen molar-refractivity contribution in [3.05, 3.63) is 42.2 Å². The summed E-state index contributed by atoms with van der Waals surface area (Å²) in [5, 5.41) is 0. The van der Waals surface area contributed by atoms with Gasteiger partial charge < -0.3 is 9.15 Å². The van der Waals surface area contributed by atoms with Crippen LogP contribution in [0.2, 0.25) is 0 Å². The highest BCUT2D eigenvalue weighted by Crippen LogP contribution is 2.21. The van der Waals surface area contributed by atoms with Gasteiger partial charge in [-0.1, -0.05) is 6.92 Å². The van der Waals surface area contributed by atoms with E-state index in [2.05, 4.69) is 4.98 Å². The van der Waals surface area contributed by atoms with Gasteiger partial charge in [0.2, 0.25) is 5.89 Å². The Morgan fingerprint density at radius 1 is 1.41 bits per heavy atom. The molecular formula is C16H19FN2O3. The Kier molecular flexibility index (Phi) is 5.27. The lowest BCUT2D eigenvalue weighted by Gasteiger charge is -2.18. The Balaban J connectivity index is 1.97. The number of aromatic nitrogens is 1. The Bertz CT molecular complexity index is 625. The minimum Gasteiger partial charge on any atom is -0.469 e. The zero-order valence-corrected chi connectivity index (χ0v) is 12.9. The molecule has 0 saturated heterocycles. The van der Waals surface area contributed by atoms with Gasteiger partial charge >= 0.3 is 5.97 Å². The molecule has 22 heavy (non-hydrogen) atoms. The summed E-state index contributed by atoms with van der Waals surface area (Å²) in [6.45, 7) is 2.82. The molecule has 0 N–H and O–H groups in total. The summed E-state index contributed by atoms with van der Waals surface area (Å²) in [6, 6.07) is 6.04. The summed E-state index contributed by atoms with van der Waals surface area (Å²) in [4.78, 5) is 17.5. The molecule has 2 aromatic rings. The highest BCUT2D eigenvalue weighted by atomic mass is 19.1. The fraction of sp³-hybridized carbons (Fsp3) is 0.375. The lowest BCUT2D eigenvalue weighted by atomic mass is 10.2. The van der Waals surface area contributed by atoms with Crippen LogP contribution in [0.25, 0.3) is 11.3 Å². The first-order chi connectivity index (χ1) is 10.5. The van der Waals surface area contributed by atoms with Gasteiger partial charge in [0, 0.05) is 12.1 Å². The third-order valence-electron chi connectivity index (χ3n) is 3.28. The first-order valence-corrected chi connectivity index (χ1v) is 6.96. The van der Waals surface area contributed by atoms with Crippen LogP contribution in [0, 0.1) is 11.7 Å². The van der Waals surface area contributed by atoms with Crippen LogP contribution >= 0.6 is 0 Å². The van der Waals surface area contributed by atoms with E-state index in [0.717, 1.165) is 5.56 Å². The number of oxazole rings is 1. The van der Waals surface area contributed by atoms with E-state index in [1.54, 1.807) is 18.3 Å². The summed E-state index contributed by atoms with van der Waals surface area (Å²) < 4.78 is 23.3. The molecule has 0 amide bonds. The Hall–Kier alpha value is -2.21. The number of hydrogen-bond acceptors (Lipinski definition) is 5. The number of ether oxygens (including phenoxy) is 1. The van der Waals surface area contributed by atoms with Gasteiger partial charge in [0.15, 0.2) is 5.76 Å². The lowest BCUT2D eigenvalue weighted by Crippen LogP contribution is -2.29. The van der Waals surface area contributed by atoms with Crippen LogP contribution < -0.4 is 0 Å². The van der Waals surface area contributed by atoms with E-state index in [9.17, 15) is 9.18 Å². The van der Waals surface area contributed by atoms with Crippen LogP contribution in [0.5, 0.6) is 0 Å². The van der Waals surface area contributed by atoms with Gasteiger partial charge in [0.05, 0.1) is 25.8 Å². The second kappa shape index (κ2) is 7.17. The van der Waals surface area contributed by atoms with Crippen LogP contribution in [0.1, 0.15) is 12.8 Å². The molecule has 1 aromatic heterocycles. The molecule has 0 aliphatic heterocycles. The molecule has 0 aliphatic rings. The predicted octanol–water partition coefficient (Wildman–Crippen LogP) is 2.72. The minimum atomic E-state index is -0.292. The second-order valence-electron chi connectivity index (χ2n) is 5.25. The fourth-order valence-corrected chi connectivity index (χ4v) is 2.17. The Labute approximate surface area is 128 Å².